The van der Waals surface area contributed by atoms with E-state index in [2.05, 4.69) is 9.97 Å². The van der Waals surface area contributed by atoms with E-state index in [0.717, 1.165) is 11.3 Å². The monoisotopic (exact) mass is 421 g/mol. The van der Waals surface area contributed by atoms with Crippen molar-refractivity contribution in [3.05, 3.63) is 89.6 Å². The molecule has 0 spiro atoms. The Kier molecular flexibility index (Phi) is 4.18. The van der Waals surface area contributed by atoms with E-state index < -0.39 is 29.3 Å². The van der Waals surface area contributed by atoms with Crippen LogP contribution in [0, 0.1) is 5.82 Å². The van der Waals surface area contributed by atoms with Gasteiger partial charge in [0.15, 0.2) is 16.7 Å². The zero-order valence-electron chi connectivity index (χ0n) is 15.2. The minimum absolute atomic E-state index is 0.00791. The first-order valence-electron chi connectivity index (χ1n) is 8.85. The first kappa shape index (κ1) is 18.2. The zero-order valence-corrected chi connectivity index (χ0v) is 16.0. The van der Waals surface area contributed by atoms with Crippen LogP contribution in [0.15, 0.2) is 76.9 Å². The Labute approximate surface area is 172 Å². The predicted molar refractivity (Wildman–Crippen MR) is 107 cm³/mol. The fraction of sp³-hybridized carbons (Fsp3) is 0.0476. The number of amides is 1. The number of fused-ring (bicyclic) bond motifs is 1. The number of hydrogen-bond donors (Lipinski definition) is 1. The van der Waals surface area contributed by atoms with Crippen LogP contribution in [-0.4, -0.2) is 26.8 Å². The van der Waals surface area contributed by atoms with Gasteiger partial charge in [0.1, 0.15) is 5.82 Å². The molecule has 1 atom stereocenters. The Morgan fingerprint density at radius 2 is 2.10 bits per heavy atom. The second kappa shape index (κ2) is 6.89. The number of aliphatic hydroxyl groups excluding tert-OH is 1. The number of thiazole rings is 1. The summed E-state index contributed by atoms with van der Waals surface area (Å²) >= 11 is 1.09. The van der Waals surface area contributed by atoms with Crippen LogP contribution in [0.1, 0.15) is 22.2 Å². The van der Waals surface area contributed by atoms with Crippen molar-refractivity contribution in [2.24, 2.45) is 0 Å². The van der Waals surface area contributed by atoms with Gasteiger partial charge in [-0.05, 0) is 42.0 Å². The Hall–Kier alpha value is -3.85. The average Bonchev–Trinajstić information content (AvgIpc) is 3.47. The largest absolute Gasteiger partial charge is 0.503 e. The molecule has 3 aromatic heterocycles. The molecule has 4 heterocycles. The zero-order chi connectivity index (χ0) is 20.8. The lowest BCUT2D eigenvalue weighted by atomic mass is 9.96. The third kappa shape index (κ3) is 2.79. The highest BCUT2D eigenvalue weighted by Gasteiger charge is 2.46. The van der Waals surface area contributed by atoms with Crippen molar-refractivity contribution in [3.63, 3.8) is 0 Å². The molecule has 0 saturated heterocycles. The molecule has 1 amide bonds. The molecule has 5 rings (SSSR count). The summed E-state index contributed by atoms with van der Waals surface area (Å²) in [4.78, 5) is 35.8. The summed E-state index contributed by atoms with van der Waals surface area (Å²) in [5.41, 5.74) is 0.878. The Morgan fingerprint density at radius 3 is 2.83 bits per heavy atom. The number of furan rings is 1. The lowest BCUT2D eigenvalue weighted by molar-refractivity contribution is -0.117. The number of aliphatic hydroxyl groups is 1. The fourth-order valence-corrected chi connectivity index (χ4v) is 4.43. The van der Waals surface area contributed by atoms with Crippen LogP contribution in [0.5, 0.6) is 0 Å². The van der Waals surface area contributed by atoms with Crippen molar-refractivity contribution in [2.75, 3.05) is 4.90 Å². The van der Waals surface area contributed by atoms with Crippen molar-refractivity contribution in [1.82, 2.24) is 9.97 Å². The van der Waals surface area contributed by atoms with Gasteiger partial charge in [-0.25, -0.2) is 9.37 Å². The molecule has 0 bridgehead atoms. The molecule has 7 nitrogen and oxygen atoms in total. The molecule has 0 aliphatic carbocycles. The number of hydrogen-bond acceptors (Lipinski definition) is 7. The van der Waals surface area contributed by atoms with Gasteiger partial charge in [-0.2, -0.15) is 0 Å². The molecule has 0 saturated carbocycles. The summed E-state index contributed by atoms with van der Waals surface area (Å²) < 4.78 is 19.3. The van der Waals surface area contributed by atoms with E-state index in [0.29, 0.717) is 15.8 Å². The van der Waals surface area contributed by atoms with Crippen molar-refractivity contribution in [2.45, 2.75) is 6.04 Å². The molecule has 1 N–H and O–H groups in total. The van der Waals surface area contributed by atoms with E-state index in [1.165, 1.54) is 41.6 Å². The average molecular weight is 421 g/mol. The highest BCUT2D eigenvalue weighted by molar-refractivity contribution is 7.22. The number of Topliss-reactive ketones (excluding diaryl/α,β-unsaturated/α-hetero) is 1. The number of ketones is 1. The minimum atomic E-state index is -0.964. The van der Waals surface area contributed by atoms with Gasteiger partial charge < -0.3 is 9.52 Å². The topological polar surface area (TPSA) is 96.5 Å². The summed E-state index contributed by atoms with van der Waals surface area (Å²) in [6, 6.07) is 9.49. The van der Waals surface area contributed by atoms with Crippen molar-refractivity contribution >= 4 is 38.4 Å². The second-order valence-electron chi connectivity index (χ2n) is 6.54. The van der Waals surface area contributed by atoms with Gasteiger partial charge >= 0.3 is 0 Å². The van der Waals surface area contributed by atoms with Gasteiger partial charge in [0.05, 0.1) is 28.1 Å². The minimum Gasteiger partial charge on any atom is -0.503 e. The van der Waals surface area contributed by atoms with Gasteiger partial charge in [-0.1, -0.05) is 17.4 Å². The number of carbonyl (C=O) groups is 2. The van der Waals surface area contributed by atoms with Gasteiger partial charge in [0, 0.05) is 12.4 Å². The number of pyridine rings is 1. The number of benzene rings is 1. The van der Waals surface area contributed by atoms with Crippen LogP contribution < -0.4 is 4.90 Å². The highest BCUT2D eigenvalue weighted by Crippen LogP contribution is 2.44. The Morgan fingerprint density at radius 1 is 1.23 bits per heavy atom. The van der Waals surface area contributed by atoms with Crippen molar-refractivity contribution in [1.29, 1.82) is 0 Å². The number of carbonyl (C=O) groups excluding carboxylic acids is 2. The van der Waals surface area contributed by atoms with Gasteiger partial charge in [0.2, 0.25) is 5.78 Å². The molecular formula is C21H12FN3O4S. The lowest BCUT2D eigenvalue weighted by Crippen LogP contribution is -2.31. The molecule has 1 aliphatic rings. The molecule has 9 heteroatoms. The van der Waals surface area contributed by atoms with E-state index >= 15 is 0 Å². The first-order chi connectivity index (χ1) is 14.5. The fourth-order valence-electron chi connectivity index (χ4n) is 3.42. The van der Waals surface area contributed by atoms with E-state index in [-0.39, 0.29) is 16.5 Å². The lowest BCUT2D eigenvalue weighted by Gasteiger charge is -2.23. The van der Waals surface area contributed by atoms with E-state index in [1.807, 2.05) is 0 Å². The smallest absolute Gasteiger partial charge is 0.296 e. The van der Waals surface area contributed by atoms with Crippen LogP contribution in [0.3, 0.4) is 0 Å². The molecule has 1 unspecified atom stereocenters. The highest BCUT2D eigenvalue weighted by atomic mass is 32.1. The standard InChI is InChI=1S/C21H12FN3O4S/c22-12-5-6-13-15(9-12)30-21(24-13)25-17(11-3-1-7-23-10-11)16(19(27)20(25)28)18(26)14-4-2-8-29-14/h1-10,17,27H. The summed E-state index contributed by atoms with van der Waals surface area (Å²) in [7, 11) is 0. The molecule has 30 heavy (non-hydrogen) atoms. The molecule has 0 radical (unpaired) electrons. The molecule has 4 aromatic rings. The van der Waals surface area contributed by atoms with Crippen molar-refractivity contribution < 1.29 is 23.5 Å². The number of nitrogens with zero attached hydrogens (tertiary/aromatic N) is 3. The van der Waals surface area contributed by atoms with Gasteiger partial charge in [-0.3, -0.25) is 19.5 Å². The van der Waals surface area contributed by atoms with E-state index in [9.17, 15) is 19.1 Å². The number of rotatable bonds is 4. The normalized spacial score (nSPS) is 16.6. The van der Waals surface area contributed by atoms with Gasteiger partial charge in [0.25, 0.3) is 5.91 Å². The van der Waals surface area contributed by atoms with Crippen LogP contribution in [0.25, 0.3) is 10.2 Å². The maximum Gasteiger partial charge on any atom is 0.296 e. The summed E-state index contributed by atoms with van der Waals surface area (Å²) in [6.45, 7) is 0. The predicted octanol–water partition coefficient (Wildman–Crippen LogP) is 4.21. The molecule has 1 aliphatic heterocycles. The van der Waals surface area contributed by atoms with E-state index in [4.69, 9.17) is 4.42 Å². The maximum absolute atomic E-state index is 13.6. The summed E-state index contributed by atoms with van der Waals surface area (Å²) in [6.07, 6.45) is 4.40. The Bertz CT molecular complexity index is 1310. The van der Waals surface area contributed by atoms with Crippen LogP contribution in [-0.2, 0) is 4.79 Å². The third-order valence-corrected chi connectivity index (χ3v) is 5.76. The molecular weight excluding hydrogens is 409 g/mol. The Balaban J connectivity index is 1.68. The number of aromatic nitrogens is 2. The quantitative estimate of drug-likeness (QED) is 0.496. The second-order valence-corrected chi connectivity index (χ2v) is 7.55. The molecule has 1 aromatic carbocycles. The van der Waals surface area contributed by atoms with Crippen molar-refractivity contribution in [3.8, 4) is 0 Å². The van der Waals surface area contributed by atoms with Crippen LogP contribution >= 0.6 is 11.3 Å². The third-order valence-electron chi connectivity index (χ3n) is 4.74. The maximum atomic E-state index is 13.6. The first-order valence-corrected chi connectivity index (χ1v) is 9.67. The number of anilines is 1. The summed E-state index contributed by atoms with van der Waals surface area (Å²) in [5, 5.41) is 10.9. The summed E-state index contributed by atoms with van der Waals surface area (Å²) in [5.74, 6) is -2.52. The molecule has 148 valence electrons. The molecule has 0 fully saturated rings. The van der Waals surface area contributed by atoms with Gasteiger partial charge in [-0.15, -0.1) is 0 Å². The number of halogens is 1. The SMILES string of the molecule is O=C(C1=C(O)C(=O)N(c2nc3ccc(F)cc3s2)C1c1cccnc1)c1ccco1. The van der Waals surface area contributed by atoms with E-state index in [1.54, 1.807) is 24.4 Å². The van der Waals surface area contributed by atoms with Crippen LogP contribution in [0.2, 0.25) is 0 Å². The van der Waals surface area contributed by atoms with Crippen LogP contribution in [0.4, 0.5) is 9.52 Å².